The number of nitrogens with zero attached hydrogens (tertiary/aromatic N) is 2. The number of fused-ring (bicyclic) bond motifs is 1. The Morgan fingerprint density at radius 2 is 1.96 bits per heavy atom. The van der Waals surface area contributed by atoms with E-state index in [1.54, 1.807) is 67.3 Å². The number of anilines is 1. The number of ether oxygens (including phenoxy) is 2. The topological polar surface area (TPSA) is 94.0 Å². The Kier molecular flexibility index (Phi) is 5.68. The fourth-order valence-electron chi connectivity index (χ4n) is 2.60. The molecule has 2 amide bonds. The lowest BCUT2D eigenvalue weighted by atomic mass is 10.3. The van der Waals surface area contributed by atoms with Crippen LogP contribution in [0, 0.1) is 0 Å². The van der Waals surface area contributed by atoms with E-state index in [1.165, 1.54) is 0 Å². The summed E-state index contributed by atoms with van der Waals surface area (Å²) in [5, 5.41) is 5.50. The number of hydrogen-bond donors (Lipinski definition) is 2. The Balaban J connectivity index is 1.89. The Labute approximate surface area is 156 Å². The van der Waals surface area contributed by atoms with Gasteiger partial charge in [-0.1, -0.05) is 12.1 Å². The van der Waals surface area contributed by atoms with E-state index in [1.807, 2.05) is 0 Å². The molecule has 0 saturated heterocycles. The lowest BCUT2D eigenvalue weighted by Crippen LogP contribution is -2.27. The molecule has 0 atom stereocenters. The van der Waals surface area contributed by atoms with Gasteiger partial charge in [0.15, 0.2) is 5.69 Å². The summed E-state index contributed by atoms with van der Waals surface area (Å²) in [6.45, 7) is 0.743. The van der Waals surface area contributed by atoms with Crippen LogP contribution in [0.1, 0.15) is 21.1 Å². The van der Waals surface area contributed by atoms with Gasteiger partial charge in [-0.05, 0) is 24.3 Å². The number of rotatable bonds is 7. The number of methoxy groups -OCH3 is 2. The number of aromatic nitrogens is 2. The molecule has 0 bridgehead atoms. The van der Waals surface area contributed by atoms with E-state index in [0.29, 0.717) is 30.1 Å². The van der Waals surface area contributed by atoms with E-state index >= 15 is 0 Å². The fraction of sp³-hybridized carbons (Fsp3) is 0.211. The van der Waals surface area contributed by atoms with Gasteiger partial charge in [0, 0.05) is 31.6 Å². The number of imidazole rings is 1. The second kappa shape index (κ2) is 8.33. The van der Waals surface area contributed by atoms with Crippen LogP contribution in [-0.2, 0) is 4.74 Å². The van der Waals surface area contributed by atoms with E-state index in [9.17, 15) is 9.59 Å². The molecule has 8 heteroatoms. The predicted octanol–water partition coefficient (Wildman–Crippen LogP) is 1.97. The van der Waals surface area contributed by atoms with Crippen molar-refractivity contribution in [2.24, 2.45) is 0 Å². The molecule has 2 aromatic heterocycles. The second-order valence-corrected chi connectivity index (χ2v) is 5.67. The molecule has 0 radical (unpaired) electrons. The first-order valence-corrected chi connectivity index (χ1v) is 8.33. The number of pyridine rings is 1. The molecule has 0 aliphatic heterocycles. The van der Waals surface area contributed by atoms with Crippen LogP contribution < -0.4 is 15.4 Å². The number of carbonyl (C=O) groups is 2. The van der Waals surface area contributed by atoms with E-state index < -0.39 is 5.91 Å². The largest absolute Gasteiger partial charge is 0.497 e. The van der Waals surface area contributed by atoms with E-state index in [2.05, 4.69) is 15.6 Å². The number of benzene rings is 1. The minimum atomic E-state index is -0.430. The highest BCUT2D eigenvalue weighted by atomic mass is 16.5. The molecule has 0 saturated carbocycles. The summed E-state index contributed by atoms with van der Waals surface area (Å²) in [5.74, 6) is -0.0547. The van der Waals surface area contributed by atoms with Crippen LogP contribution in [0.25, 0.3) is 5.52 Å². The molecule has 1 aromatic carbocycles. The smallest absolute Gasteiger partial charge is 0.292 e. The van der Waals surface area contributed by atoms with Crippen molar-refractivity contribution in [2.75, 3.05) is 32.7 Å². The molecule has 2 heterocycles. The van der Waals surface area contributed by atoms with Crippen molar-refractivity contribution in [1.29, 1.82) is 0 Å². The maximum atomic E-state index is 12.7. The van der Waals surface area contributed by atoms with E-state index in [-0.39, 0.29) is 17.4 Å². The molecular weight excluding hydrogens is 348 g/mol. The molecule has 0 fully saturated rings. The second-order valence-electron chi connectivity index (χ2n) is 5.67. The molecule has 0 spiro atoms. The first-order chi connectivity index (χ1) is 13.1. The van der Waals surface area contributed by atoms with E-state index in [0.717, 1.165) is 0 Å². The zero-order chi connectivity index (χ0) is 19.2. The zero-order valence-corrected chi connectivity index (χ0v) is 15.1. The summed E-state index contributed by atoms with van der Waals surface area (Å²) < 4.78 is 11.7. The summed E-state index contributed by atoms with van der Waals surface area (Å²) in [6.07, 6.45) is 1.69. The number of amides is 2. The standard InChI is InChI=1S/C19H20N4O4/c1-26-11-9-20-18(24)16-15-8-3-4-10-23(15)17(22-16)19(25)21-13-6-5-7-14(12-13)27-2/h3-8,10,12H,9,11H2,1-2H3,(H,20,24)(H,21,25). The van der Waals surface area contributed by atoms with Crippen molar-refractivity contribution in [3.05, 3.63) is 60.2 Å². The van der Waals surface area contributed by atoms with Crippen LogP contribution in [0.2, 0.25) is 0 Å². The van der Waals surface area contributed by atoms with Crippen LogP contribution in [0.4, 0.5) is 5.69 Å². The third-order valence-electron chi connectivity index (χ3n) is 3.89. The summed E-state index contributed by atoms with van der Waals surface area (Å²) in [4.78, 5) is 29.4. The minimum Gasteiger partial charge on any atom is -0.497 e. The highest BCUT2D eigenvalue weighted by Gasteiger charge is 2.21. The van der Waals surface area contributed by atoms with Crippen molar-refractivity contribution in [2.45, 2.75) is 0 Å². The molecule has 0 aliphatic rings. The van der Waals surface area contributed by atoms with Gasteiger partial charge in [0.05, 0.1) is 19.2 Å². The van der Waals surface area contributed by atoms with Gasteiger partial charge in [-0.2, -0.15) is 0 Å². The molecular formula is C19H20N4O4. The van der Waals surface area contributed by atoms with Crippen molar-refractivity contribution in [3.8, 4) is 5.75 Å². The normalized spacial score (nSPS) is 10.6. The number of nitrogens with one attached hydrogen (secondary N) is 2. The molecule has 0 aliphatic carbocycles. The van der Waals surface area contributed by atoms with Gasteiger partial charge in [-0.15, -0.1) is 0 Å². The fourth-order valence-corrected chi connectivity index (χ4v) is 2.60. The first kappa shape index (κ1) is 18.4. The van der Waals surface area contributed by atoms with Gasteiger partial charge in [-0.3, -0.25) is 14.0 Å². The van der Waals surface area contributed by atoms with Gasteiger partial charge in [0.25, 0.3) is 11.8 Å². The van der Waals surface area contributed by atoms with Crippen LogP contribution in [-0.4, -0.2) is 48.6 Å². The van der Waals surface area contributed by atoms with Crippen molar-refractivity contribution in [1.82, 2.24) is 14.7 Å². The van der Waals surface area contributed by atoms with Crippen LogP contribution in [0.5, 0.6) is 5.75 Å². The molecule has 3 aromatic rings. The van der Waals surface area contributed by atoms with Crippen molar-refractivity contribution in [3.63, 3.8) is 0 Å². The van der Waals surface area contributed by atoms with E-state index in [4.69, 9.17) is 9.47 Å². The summed E-state index contributed by atoms with van der Waals surface area (Å²) in [5.41, 5.74) is 1.30. The zero-order valence-electron chi connectivity index (χ0n) is 15.1. The first-order valence-electron chi connectivity index (χ1n) is 8.33. The number of hydrogen-bond acceptors (Lipinski definition) is 5. The van der Waals surface area contributed by atoms with Crippen molar-refractivity contribution < 1.29 is 19.1 Å². The molecule has 140 valence electrons. The summed E-state index contributed by atoms with van der Waals surface area (Å²) in [6, 6.07) is 12.3. The molecule has 2 N–H and O–H groups in total. The summed E-state index contributed by atoms with van der Waals surface area (Å²) >= 11 is 0. The third-order valence-corrected chi connectivity index (χ3v) is 3.89. The average molecular weight is 368 g/mol. The molecule has 27 heavy (non-hydrogen) atoms. The lowest BCUT2D eigenvalue weighted by Gasteiger charge is -2.06. The van der Waals surface area contributed by atoms with Crippen LogP contribution in [0.15, 0.2) is 48.7 Å². The Bertz CT molecular complexity index is 967. The monoisotopic (exact) mass is 368 g/mol. The van der Waals surface area contributed by atoms with Crippen molar-refractivity contribution >= 4 is 23.0 Å². The Morgan fingerprint density at radius 1 is 1.11 bits per heavy atom. The lowest BCUT2D eigenvalue weighted by molar-refractivity contribution is 0.0934. The number of carbonyl (C=O) groups excluding carboxylic acids is 2. The average Bonchev–Trinajstić information content (AvgIpc) is 3.08. The highest BCUT2D eigenvalue weighted by molar-refractivity contribution is 6.06. The Morgan fingerprint density at radius 3 is 2.74 bits per heavy atom. The van der Waals surface area contributed by atoms with Gasteiger partial charge in [0.1, 0.15) is 5.75 Å². The van der Waals surface area contributed by atoms with Crippen LogP contribution >= 0.6 is 0 Å². The SMILES string of the molecule is COCCNC(=O)c1nc(C(=O)Nc2cccc(OC)c2)n2ccccc12. The Hall–Kier alpha value is -3.39. The highest BCUT2D eigenvalue weighted by Crippen LogP contribution is 2.19. The van der Waals surface area contributed by atoms with Gasteiger partial charge in [0.2, 0.25) is 5.82 Å². The predicted molar refractivity (Wildman–Crippen MR) is 100 cm³/mol. The van der Waals surface area contributed by atoms with Crippen LogP contribution in [0.3, 0.4) is 0 Å². The summed E-state index contributed by atoms with van der Waals surface area (Å²) in [7, 11) is 3.11. The van der Waals surface area contributed by atoms with Gasteiger partial charge in [-0.25, -0.2) is 4.98 Å². The quantitative estimate of drug-likeness (QED) is 0.622. The minimum absolute atomic E-state index is 0.116. The molecule has 8 nitrogen and oxygen atoms in total. The third kappa shape index (κ3) is 4.06. The maximum Gasteiger partial charge on any atom is 0.292 e. The molecule has 3 rings (SSSR count). The molecule has 0 unspecified atom stereocenters. The van der Waals surface area contributed by atoms with Gasteiger partial charge < -0.3 is 20.1 Å². The maximum absolute atomic E-state index is 12.7. The van der Waals surface area contributed by atoms with Gasteiger partial charge >= 0.3 is 0 Å².